The summed E-state index contributed by atoms with van der Waals surface area (Å²) in [4.78, 5) is 23.9. The molecule has 7 heteroatoms. The lowest BCUT2D eigenvalue weighted by atomic mass is 9.92. The second-order valence-electron chi connectivity index (χ2n) is 5.53. The maximum atomic E-state index is 12.0. The monoisotopic (exact) mass is 339 g/mol. The van der Waals surface area contributed by atoms with Crippen LogP contribution in [-0.4, -0.2) is 44.2 Å². The van der Waals surface area contributed by atoms with Gasteiger partial charge in [0.2, 0.25) is 5.91 Å². The lowest BCUT2D eigenvalue weighted by Gasteiger charge is -2.26. The molecule has 1 aromatic carbocycles. The molecule has 1 fully saturated rings. The Labute approximate surface area is 140 Å². The minimum absolute atomic E-state index is 0.160. The highest BCUT2D eigenvalue weighted by Crippen LogP contribution is 2.17. The summed E-state index contributed by atoms with van der Waals surface area (Å²) in [6.07, 6.45) is 1.61. The topological polar surface area (TPSA) is 93.5 Å². The third kappa shape index (κ3) is 5.49. The third-order valence-corrected chi connectivity index (χ3v) is 4.14. The maximum absolute atomic E-state index is 12.0. The first kappa shape index (κ1) is 17.7. The van der Waals surface area contributed by atoms with Gasteiger partial charge >= 0.3 is 0 Å². The van der Waals surface area contributed by atoms with Crippen LogP contribution in [0.1, 0.15) is 23.2 Å². The standard InChI is InChI=1S/C16H22ClN3O3/c17-13-3-1-12(2-4-13)15(21)19-7-8-20-16(22)14(18)11-5-9-23-10-6-11/h1-4,11,14H,5-10,18H2,(H,19,21)(H,20,22). The highest BCUT2D eigenvalue weighted by atomic mass is 35.5. The Balaban J connectivity index is 1.67. The van der Waals surface area contributed by atoms with E-state index in [0.717, 1.165) is 12.8 Å². The van der Waals surface area contributed by atoms with E-state index >= 15 is 0 Å². The quantitative estimate of drug-likeness (QED) is 0.672. The van der Waals surface area contributed by atoms with E-state index in [-0.39, 0.29) is 17.7 Å². The van der Waals surface area contributed by atoms with Crippen LogP contribution in [0.4, 0.5) is 0 Å². The van der Waals surface area contributed by atoms with Crippen molar-refractivity contribution in [1.82, 2.24) is 10.6 Å². The van der Waals surface area contributed by atoms with Crippen molar-refractivity contribution < 1.29 is 14.3 Å². The smallest absolute Gasteiger partial charge is 0.251 e. The van der Waals surface area contributed by atoms with Gasteiger partial charge in [0.05, 0.1) is 6.04 Å². The number of rotatable bonds is 6. The van der Waals surface area contributed by atoms with E-state index in [2.05, 4.69) is 10.6 Å². The van der Waals surface area contributed by atoms with Crippen LogP contribution in [0.2, 0.25) is 5.02 Å². The zero-order valence-corrected chi connectivity index (χ0v) is 13.6. The van der Waals surface area contributed by atoms with E-state index in [9.17, 15) is 9.59 Å². The molecular weight excluding hydrogens is 318 g/mol. The van der Waals surface area contributed by atoms with Crippen LogP contribution in [0.25, 0.3) is 0 Å². The van der Waals surface area contributed by atoms with Crippen LogP contribution in [0.3, 0.4) is 0 Å². The summed E-state index contributed by atoms with van der Waals surface area (Å²) in [5.74, 6) is -0.227. The zero-order chi connectivity index (χ0) is 16.7. The molecule has 126 valence electrons. The average molecular weight is 340 g/mol. The lowest BCUT2D eigenvalue weighted by Crippen LogP contribution is -2.48. The highest BCUT2D eigenvalue weighted by Gasteiger charge is 2.26. The van der Waals surface area contributed by atoms with Gasteiger partial charge in [0, 0.05) is 36.9 Å². The van der Waals surface area contributed by atoms with Crippen LogP contribution in [0.15, 0.2) is 24.3 Å². The normalized spacial score (nSPS) is 16.6. The summed E-state index contributed by atoms with van der Waals surface area (Å²) in [6, 6.07) is 6.09. The largest absolute Gasteiger partial charge is 0.381 e. The molecular formula is C16H22ClN3O3. The van der Waals surface area contributed by atoms with Gasteiger partial charge in [0.25, 0.3) is 5.91 Å². The number of benzene rings is 1. The van der Waals surface area contributed by atoms with Crippen molar-refractivity contribution in [3.8, 4) is 0 Å². The second-order valence-corrected chi connectivity index (χ2v) is 5.97. The van der Waals surface area contributed by atoms with Gasteiger partial charge in [0.1, 0.15) is 0 Å². The molecule has 1 heterocycles. The number of carbonyl (C=O) groups is 2. The van der Waals surface area contributed by atoms with Crippen molar-refractivity contribution in [1.29, 1.82) is 0 Å². The Morgan fingerprint density at radius 1 is 1.17 bits per heavy atom. The molecule has 0 bridgehead atoms. The molecule has 1 saturated heterocycles. The fourth-order valence-corrected chi connectivity index (χ4v) is 2.60. The molecule has 23 heavy (non-hydrogen) atoms. The summed E-state index contributed by atoms with van der Waals surface area (Å²) in [5, 5.41) is 6.07. The molecule has 0 spiro atoms. The lowest BCUT2D eigenvalue weighted by molar-refractivity contribution is -0.124. The summed E-state index contributed by atoms with van der Waals surface area (Å²) >= 11 is 5.77. The first-order chi connectivity index (χ1) is 11.1. The molecule has 2 rings (SSSR count). The van der Waals surface area contributed by atoms with Gasteiger partial charge in [-0.05, 0) is 43.0 Å². The number of nitrogens with one attached hydrogen (secondary N) is 2. The number of halogens is 1. The van der Waals surface area contributed by atoms with Crippen molar-refractivity contribution in [2.45, 2.75) is 18.9 Å². The van der Waals surface area contributed by atoms with Gasteiger partial charge in [-0.15, -0.1) is 0 Å². The van der Waals surface area contributed by atoms with Crippen molar-refractivity contribution in [2.75, 3.05) is 26.3 Å². The predicted molar refractivity (Wildman–Crippen MR) is 88.3 cm³/mol. The summed E-state index contributed by atoms with van der Waals surface area (Å²) < 4.78 is 5.26. The SMILES string of the molecule is NC(C(=O)NCCNC(=O)c1ccc(Cl)cc1)C1CCOCC1. The summed E-state index contributed by atoms with van der Waals surface area (Å²) in [5.41, 5.74) is 6.50. The molecule has 0 saturated carbocycles. The molecule has 4 N–H and O–H groups in total. The summed E-state index contributed by atoms with van der Waals surface area (Å²) in [6.45, 7) is 1.99. The van der Waals surface area contributed by atoms with Crippen LogP contribution in [0.5, 0.6) is 0 Å². The van der Waals surface area contributed by atoms with E-state index in [4.69, 9.17) is 22.1 Å². The Kier molecular flexibility index (Phi) is 6.83. The van der Waals surface area contributed by atoms with Crippen molar-refractivity contribution in [3.63, 3.8) is 0 Å². The predicted octanol–water partition coefficient (Wildman–Crippen LogP) is 0.940. The number of hydrogen-bond acceptors (Lipinski definition) is 4. The number of ether oxygens (including phenoxy) is 1. The minimum Gasteiger partial charge on any atom is -0.381 e. The van der Waals surface area contributed by atoms with Crippen LogP contribution in [0, 0.1) is 5.92 Å². The fraction of sp³-hybridized carbons (Fsp3) is 0.500. The molecule has 1 aliphatic rings. The molecule has 1 unspecified atom stereocenters. The van der Waals surface area contributed by atoms with Crippen molar-refractivity contribution in [3.05, 3.63) is 34.9 Å². The maximum Gasteiger partial charge on any atom is 0.251 e. The van der Waals surface area contributed by atoms with E-state index in [1.165, 1.54) is 0 Å². The molecule has 1 atom stereocenters. The first-order valence-electron chi connectivity index (χ1n) is 7.72. The Bertz CT molecular complexity index is 530. The summed E-state index contributed by atoms with van der Waals surface area (Å²) in [7, 11) is 0. The minimum atomic E-state index is -0.522. The number of hydrogen-bond donors (Lipinski definition) is 3. The van der Waals surface area contributed by atoms with Gasteiger partial charge in [0.15, 0.2) is 0 Å². The second kappa shape index (κ2) is 8.86. The molecule has 0 radical (unpaired) electrons. The third-order valence-electron chi connectivity index (χ3n) is 3.89. The van der Waals surface area contributed by atoms with Crippen molar-refractivity contribution >= 4 is 23.4 Å². The average Bonchev–Trinajstić information content (AvgIpc) is 2.59. The van der Waals surface area contributed by atoms with E-state index in [1.54, 1.807) is 24.3 Å². The Hall–Kier alpha value is -1.63. The Morgan fingerprint density at radius 3 is 2.43 bits per heavy atom. The van der Waals surface area contributed by atoms with Crippen molar-refractivity contribution in [2.24, 2.45) is 11.7 Å². The van der Waals surface area contributed by atoms with Gasteiger partial charge in [-0.3, -0.25) is 9.59 Å². The van der Waals surface area contributed by atoms with Crippen LogP contribution < -0.4 is 16.4 Å². The van der Waals surface area contributed by atoms with E-state index in [0.29, 0.717) is 36.9 Å². The molecule has 1 aromatic rings. The number of nitrogens with two attached hydrogens (primary N) is 1. The van der Waals surface area contributed by atoms with Gasteiger partial charge < -0.3 is 21.1 Å². The van der Waals surface area contributed by atoms with Crippen LogP contribution in [-0.2, 0) is 9.53 Å². The number of amides is 2. The fourth-order valence-electron chi connectivity index (χ4n) is 2.47. The van der Waals surface area contributed by atoms with Gasteiger partial charge in [-0.1, -0.05) is 11.6 Å². The van der Waals surface area contributed by atoms with E-state index in [1.807, 2.05) is 0 Å². The van der Waals surface area contributed by atoms with Crippen LogP contribution >= 0.6 is 11.6 Å². The highest BCUT2D eigenvalue weighted by molar-refractivity contribution is 6.30. The molecule has 0 aliphatic carbocycles. The number of carbonyl (C=O) groups excluding carboxylic acids is 2. The first-order valence-corrected chi connectivity index (χ1v) is 8.10. The van der Waals surface area contributed by atoms with Gasteiger partial charge in [-0.25, -0.2) is 0 Å². The molecule has 2 amide bonds. The van der Waals surface area contributed by atoms with Gasteiger partial charge in [-0.2, -0.15) is 0 Å². The Morgan fingerprint density at radius 2 is 1.78 bits per heavy atom. The molecule has 1 aliphatic heterocycles. The van der Waals surface area contributed by atoms with E-state index < -0.39 is 6.04 Å². The zero-order valence-electron chi connectivity index (χ0n) is 12.9. The molecule has 6 nitrogen and oxygen atoms in total. The molecule has 0 aromatic heterocycles.